The highest BCUT2D eigenvalue weighted by atomic mass is 16.5. The maximum atomic E-state index is 10.4. The van der Waals surface area contributed by atoms with E-state index in [-0.39, 0.29) is 6.61 Å². The molecule has 1 fully saturated rings. The number of rotatable bonds is 11. The van der Waals surface area contributed by atoms with E-state index in [1.807, 2.05) is 37.4 Å². The minimum absolute atomic E-state index is 0.231. The summed E-state index contributed by atoms with van der Waals surface area (Å²) in [5, 5.41) is 14.0. The summed E-state index contributed by atoms with van der Waals surface area (Å²) in [4.78, 5) is 2.10. The molecule has 0 radical (unpaired) electrons. The number of benzene rings is 2. The van der Waals surface area contributed by atoms with E-state index in [9.17, 15) is 5.11 Å². The highest BCUT2D eigenvalue weighted by Crippen LogP contribution is 2.28. The van der Waals surface area contributed by atoms with Crippen molar-refractivity contribution in [1.29, 1.82) is 0 Å². The van der Waals surface area contributed by atoms with E-state index in [0.29, 0.717) is 24.1 Å². The van der Waals surface area contributed by atoms with E-state index in [0.717, 1.165) is 13.1 Å². The van der Waals surface area contributed by atoms with Gasteiger partial charge in [0.2, 0.25) is 0 Å². The van der Waals surface area contributed by atoms with Gasteiger partial charge in [-0.15, -0.1) is 0 Å². The lowest BCUT2D eigenvalue weighted by Gasteiger charge is -2.21. The van der Waals surface area contributed by atoms with Crippen LogP contribution in [0.3, 0.4) is 0 Å². The van der Waals surface area contributed by atoms with Crippen molar-refractivity contribution in [3.05, 3.63) is 59.7 Å². The number of hydrogen-bond donors (Lipinski definition) is 2. The molecule has 0 aliphatic heterocycles. The second-order valence-corrected chi connectivity index (χ2v) is 7.99. The first kappa shape index (κ1) is 21.6. The highest BCUT2D eigenvalue weighted by molar-refractivity contribution is 5.43. The first-order valence-corrected chi connectivity index (χ1v) is 10.6. The van der Waals surface area contributed by atoms with E-state index >= 15 is 0 Å². The lowest BCUT2D eigenvalue weighted by atomic mass is 10.1. The van der Waals surface area contributed by atoms with Crippen LogP contribution < -0.4 is 14.8 Å². The number of aliphatic hydroxyl groups excluding tert-OH is 1. The second kappa shape index (κ2) is 11.2. The Labute approximate surface area is 174 Å². The smallest absolute Gasteiger partial charge is 0.161 e. The summed E-state index contributed by atoms with van der Waals surface area (Å²) in [7, 11) is 3.65. The number of hydrogen-bond acceptors (Lipinski definition) is 5. The Hall–Kier alpha value is -2.08. The molecular weight excluding hydrogens is 364 g/mol. The summed E-state index contributed by atoms with van der Waals surface area (Å²) < 4.78 is 11.4. The highest BCUT2D eigenvalue weighted by Gasteiger charge is 2.15. The van der Waals surface area contributed by atoms with Gasteiger partial charge in [-0.1, -0.05) is 49.2 Å². The zero-order valence-corrected chi connectivity index (χ0v) is 17.6. The Bertz CT molecular complexity index is 732. The third kappa shape index (κ3) is 7.03. The second-order valence-electron chi connectivity index (χ2n) is 7.99. The van der Waals surface area contributed by atoms with Gasteiger partial charge in [0.1, 0.15) is 12.7 Å². The number of aliphatic hydroxyl groups is 1. The predicted molar refractivity (Wildman–Crippen MR) is 116 cm³/mol. The van der Waals surface area contributed by atoms with E-state index in [2.05, 4.69) is 28.4 Å². The van der Waals surface area contributed by atoms with Crippen molar-refractivity contribution < 1.29 is 14.6 Å². The summed E-state index contributed by atoms with van der Waals surface area (Å²) >= 11 is 0. The molecular formula is C24H34N2O3. The van der Waals surface area contributed by atoms with Gasteiger partial charge in [0.25, 0.3) is 0 Å². The van der Waals surface area contributed by atoms with E-state index in [1.54, 1.807) is 7.11 Å². The lowest BCUT2D eigenvalue weighted by molar-refractivity contribution is 0.0732. The van der Waals surface area contributed by atoms with Crippen molar-refractivity contribution in [3.8, 4) is 11.5 Å². The van der Waals surface area contributed by atoms with Crippen molar-refractivity contribution in [1.82, 2.24) is 10.2 Å². The third-order valence-electron chi connectivity index (χ3n) is 5.43. The Balaban J connectivity index is 1.49. The van der Waals surface area contributed by atoms with Gasteiger partial charge >= 0.3 is 0 Å². The van der Waals surface area contributed by atoms with Gasteiger partial charge in [-0.05, 0) is 43.1 Å². The number of nitrogens with one attached hydrogen (secondary N) is 1. The fourth-order valence-electron chi connectivity index (χ4n) is 3.89. The fourth-order valence-corrected chi connectivity index (χ4v) is 3.89. The lowest BCUT2D eigenvalue weighted by Crippen LogP contribution is -2.32. The normalized spacial score (nSPS) is 15.6. The van der Waals surface area contributed by atoms with Crippen LogP contribution in [0.25, 0.3) is 0 Å². The SMILES string of the molecule is COc1ccc(CNC2CCCC2)cc1OCC(O)CN(C)Cc1ccccc1. The van der Waals surface area contributed by atoms with Gasteiger partial charge in [-0.2, -0.15) is 0 Å². The molecule has 3 rings (SSSR count). The number of likely N-dealkylation sites (N-methyl/N-ethyl adjacent to an activating group) is 1. The molecule has 0 bridgehead atoms. The summed E-state index contributed by atoms with van der Waals surface area (Å²) in [6.45, 7) is 2.39. The molecule has 2 aromatic rings. The molecule has 5 nitrogen and oxygen atoms in total. The quantitative estimate of drug-likeness (QED) is 0.606. The van der Waals surface area contributed by atoms with Crippen LogP contribution in [0.4, 0.5) is 0 Å². The molecule has 0 spiro atoms. The van der Waals surface area contributed by atoms with Crippen molar-refractivity contribution in [3.63, 3.8) is 0 Å². The fraction of sp³-hybridized carbons (Fsp3) is 0.500. The summed E-state index contributed by atoms with van der Waals surface area (Å²) in [5.74, 6) is 1.38. The van der Waals surface area contributed by atoms with Crippen LogP contribution in [0, 0.1) is 0 Å². The Morgan fingerprint density at radius 1 is 1.07 bits per heavy atom. The topological polar surface area (TPSA) is 54.0 Å². The summed E-state index contributed by atoms with van der Waals surface area (Å²) in [6.07, 6.45) is 4.61. The minimum atomic E-state index is -0.575. The average molecular weight is 399 g/mol. The summed E-state index contributed by atoms with van der Waals surface area (Å²) in [5.41, 5.74) is 2.40. The molecule has 2 N–H and O–H groups in total. The molecule has 2 aromatic carbocycles. The molecule has 1 aliphatic carbocycles. The zero-order valence-electron chi connectivity index (χ0n) is 17.6. The van der Waals surface area contributed by atoms with Gasteiger partial charge in [0, 0.05) is 25.7 Å². The largest absolute Gasteiger partial charge is 0.493 e. The molecule has 1 unspecified atom stereocenters. The summed E-state index contributed by atoms with van der Waals surface area (Å²) in [6, 6.07) is 16.9. The van der Waals surface area contributed by atoms with Crippen molar-refractivity contribution in [2.24, 2.45) is 0 Å². The monoisotopic (exact) mass is 398 g/mol. The van der Waals surface area contributed by atoms with Gasteiger partial charge < -0.3 is 19.9 Å². The van der Waals surface area contributed by atoms with Crippen LogP contribution in [0.5, 0.6) is 11.5 Å². The molecule has 5 heteroatoms. The third-order valence-corrected chi connectivity index (χ3v) is 5.43. The Morgan fingerprint density at radius 2 is 1.83 bits per heavy atom. The van der Waals surface area contributed by atoms with Crippen molar-refractivity contribution in [2.75, 3.05) is 27.3 Å². The number of methoxy groups -OCH3 is 1. The Morgan fingerprint density at radius 3 is 2.55 bits per heavy atom. The zero-order chi connectivity index (χ0) is 20.5. The first-order chi connectivity index (χ1) is 14.1. The van der Waals surface area contributed by atoms with Gasteiger partial charge in [0.05, 0.1) is 7.11 Å². The van der Waals surface area contributed by atoms with E-state index in [4.69, 9.17) is 9.47 Å². The van der Waals surface area contributed by atoms with E-state index < -0.39 is 6.10 Å². The molecule has 0 aromatic heterocycles. The molecule has 1 atom stereocenters. The van der Waals surface area contributed by atoms with Gasteiger partial charge in [-0.25, -0.2) is 0 Å². The van der Waals surface area contributed by atoms with Crippen LogP contribution >= 0.6 is 0 Å². The Kier molecular flexibility index (Phi) is 8.35. The maximum Gasteiger partial charge on any atom is 0.161 e. The minimum Gasteiger partial charge on any atom is -0.493 e. The van der Waals surface area contributed by atoms with Gasteiger partial charge in [-0.3, -0.25) is 4.90 Å². The van der Waals surface area contributed by atoms with Crippen molar-refractivity contribution in [2.45, 2.75) is 50.9 Å². The average Bonchev–Trinajstić information content (AvgIpc) is 3.25. The molecule has 158 valence electrons. The van der Waals surface area contributed by atoms with Crippen LogP contribution in [-0.2, 0) is 13.1 Å². The molecule has 0 saturated heterocycles. The van der Waals surface area contributed by atoms with Crippen molar-refractivity contribution >= 4 is 0 Å². The van der Waals surface area contributed by atoms with Crippen LogP contribution in [0.1, 0.15) is 36.8 Å². The van der Waals surface area contributed by atoms with Crippen LogP contribution in [0.15, 0.2) is 48.5 Å². The number of nitrogens with zero attached hydrogens (tertiary/aromatic N) is 1. The van der Waals surface area contributed by atoms with Gasteiger partial charge in [0.15, 0.2) is 11.5 Å². The number of ether oxygens (including phenoxy) is 2. The molecule has 1 saturated carbocycles. The van der Waals surface area contributed by atoms with Crippen LogP contribution in [-0.4, -0.2) is 49.5 Å². The maximum absolute atomic E-state index is 10.4. The standard InChI is InChI=1S/C24H34N2O3/c1-26(16-19-8-4-3-5-9-19)17-22(27)18-29-24-14-20(12-13-23(24)28-2)15-25-21-10-6-7-11-21/h3-5,8-9,12-14,21-22,25,27H,6-7,10-11,15-18H2,1-2H3. The molecule has 0 amide bonds. The molecule has 0 heterocycles. The van der Waals surface area contributed by atoms with E-state index in [1.165, 1.54) is 36.8 Å². The predicted octanol–water partition coefficient (Wildman–Crippen LogP) is 3.60. The molecule has 29 heavy (non-hydrogen) atoms. The van der Waals surface area contributed by atoms with Crippen LogP contribution in [0.2, 0.25) is 0 Å². The molecule has 1 aliphatic rings. The first-order valence-electron chi connectivity index (χ1n) is 10.6.